The molecule has 0 saturated carbocycles. The van der Waals surface area contributed by atoms with Crippen LogP contribution in [0.1, 0.15) is 61.8 Å². The van der Waals surface area contributed by atoms with E-state index in [9.17, 15) is 0 Å². The Hall–Kier alpha value is -4.08. The Morgan fingerprint density at radius 2 is 0.543 bits per heavy atom. The van der Waals surface area contributed by atoms with Gasteiger partial charge in [-0.05, 0) is 70.8 Å². The average molecular weight is 623 g/mol. The van der Waals surface area contributed by atoms with Crippen molar-refractivity contribution in [2.45, 2.75) is 62.7 Å². The fourth-order valence-electron chi connectivity index (χ4n) is 5.77. The third kappa shape index (κ3) is 6.57. The minimum absolute atomic E-state index is 0.0595. The van der Waals surface area contributed by atoms with Crippen molar-refractivity contribution in [3.63, 3.8) is 0 Å². The second-order valence-corrected chi connectivity index (χ2v) is 13.3. The van der Waals surface area contributed by atoms with Gasteiger partial charge < -0.3 is 37.9 Å². The van der Waals surface area contributed by atoms with Crippen LogP contribution in [0.15, 0.2) is 97.1 Å². The van der Waals surface area contributed by atoms with Gasteiger partial charge in [0.1, 0.15) is 49.4 Å². The van der Waals surface area contributed by atoms with Gasteiger partial charge in [-0.25, -0.2) is 0 Å². The number of epoxide rings is 4. The molecule has 4 aromatic carbocycles. The molecule has 0 aromatic heterocycles. The predicted molar refractivity (Wildman–Crippen MR) is 169 cm³/mol. The molecule has 4 fully saturated rings. The lowest BCUT2D eigenvalue weighted by atomic mass is 9.73. The zero-order valence-electron chi connectivity index (χ0n) is 26.5. The molecule has 238 valence electrons. The Balaban J connectivity index is 1.18. The highest BCUT2D eigenvalue weighted by molar-refractivity contribution is 5.48. The van der Waals surface area contributed by atoms with Crippen LogP contribution in [0.2, 0.25) is 0 Å². The molecule has 46 heavy (non-hydrogen) atoms. The standard InChI is InChI=1S/C38H38O8/c1-35(21-39-35)43-29-13-5-25(6-14-29)33(26-7-15-30(16-8-26)44-36(2)22-40-36)34(27-9-17-31(18-10-27)45-37(3)23-41-37)28-11-19-32(20-12-28)46-38(4)24-42-38/h5-20,33-34H,21-24H2,1-4H3. The zero-order chi connectivity index (χ0) is 31.6. The summed E-state index contributed by atoms with van der Waals surface area (Å²) >= 11 is 0. The van der Waals surface area contributed by atoms with Crippen LogP contribution in [0.4, 0.5) is 0 Å². The summed E-state index contributed by atoms with van der Waals surface area (Å²) in [6, 6.07) is 33.4. The maximum Gasteiger partial charge on any atom is 0.231 e. The Labute approximate surface area is 269 Å². The number of hydrogen-bond acceptors (Lipinski definition) is 8. The van der Waals surface area contributed by atoms with E-state index >= 15 is 0 Å². The van der Waals surface area contributed by atoms with Gasteiger partial charge in [0.15, 0.2) is 0 Å². The van der Waals surface area contributed by atoms with E-state index < -0.39 is 23.1 Å². The summed E-state index contributed by atoms with van der Waals surface area (Å²) in [6.07, 6.45) is 0. The van der Waals surface area contributed by atoms with Crippen LogP contribution in [0.25, 0.3) is 0 Å². The maximum absolute atomic E-state index is 6.07. The first-order valence-corrected chi connectivity index (χ1v) is 15.8. The third-order valence-electron chi connectivity index (χ3n) is 8.83. The largest absolute Gasteiger partial charge is 0.460 e. The van der Waals surface area contributed by atoms with E-state index in [2.05, 4.69) is 48.5 Å². The minimum atomic E-state index is -0.542. The monoisotopic (exact) mass is 622 g/mol. The predicted octanol–water partition coefficient (Wildman–Crippen LogP) is 7.15. The van der Waals surface area contributed by atoms with Gasteiger partial charge in [0, 0.05) is 39.5 Å². The van der Waals surface area contributed by atoms with E-state index in [1.165, 1.54) is 0 Å². The first kappa shape index (κ1) is 29.3. The summed E-state index contributed by atoms with van der Waals surface area (Å²) in [7, 11) is 0. The topological polar surface area (TPSA) is 87.0 Å². The minimum Gasteiger partial charge on any atom is -0.460 e. The normalized spacial score (nSPS) is 30.1. The van der Waals surface area contributed by atoms with E-state index in [0.717, 1.165) is 45.3 Å². The molecule has 4 aromatic rings. The van der Waals surface area contributed by atoms with Crippen LogP contribution >= 0.6 is 0 Å². The molecular weight excluding hydrogens is 584 g/mol. The second-order valence-electron chi connectivity index (χ2n) is 13.3. The van der Waals surface area contributed by atoms with Gasteiger partial charge in [-0.1, -0.05) is 48.5 Å². The van der Waals surface area contributed by atoms with Gasteiger partial charge in [0.05, 0.1) is 0 Å². The molecule has 4 aliphatic rings. The fraction of sp³-hybridized carbons (Fsp3) is 0.368. The number of benzene rings is 4. The van der Waals surface area contributed by atoms with Gasteiger partial charge >= 0.3 is 0 Å². The van der Waals surface area contributed by atoms with Gasteiger partial charge in [0.2, 0.25) is 23.1 Å². The molecule has 4 unspecified atom stereocenters. The van der Waals surface area contributed by atoms with Gasteiger partial charge in [-0.3, -0.25) is 0 Å². The lowest BCUT2D eigenvalue weighted by Gasteiger charge is -2.30. The number of ether oxygens (including phenoxy) is 8. The van der Waals surface area contributed by atoms with Crippen LogP contribution in [-0.2, 0) is 18.9 Å². The molecule has 4 atom stereocenters. The van der Waals surface area contributed by atoms with E-state index in [-0.39, 0.29) is 11.8 Å². The second kappa shape index (κ2) is 10.7. The molecule has 0 aliphatic carbocycles. The van der Waals surface area contributed by atoms with Crippen molar-refractivity contribution in [3.8, 4) is 23.0 Å². The van der Waals surface area contributed by atoms with Gasteiger partial charge in [-0.15, -0.1) is 0 Å². The van der Waals surface area contributed by atoms with Crippen LogP contribution in [0.3, 0.4) is 0 Å². The van der Waals surface area contributed by atoms with Crippen molar-refractivity contribution in [2.24, 2.45) is 0 Å². The van der Waals surface area contributed by atoms with Crippen molar-refractivity contribution in [1.29, 1.82) is 0 Å². The molecule has 0 radical (unpaired) electrons. The first-order valence-electron chi connectivity index (χ1n) is 15.8. The van der Waals surface area contributed by atoms with Crippen molar-refractivity contribution in [3.05, 3.63) is 119 Å². The maximum atomic E-state index is 6.07. The van der Waals surface area contributed by atoms with Crippen molar-refractivity contribution < 1.29 is 37.9 Å². The Morgan fingerprint density at radius 3 is 0.696 bits per heavy atom. The summed E-state index contributed by atoms with van der Waals surface area (Å²) in [5, 5.41) is 0. The van der Waals surface area contributed by atoms with Crippen LogP contribution in [0, 0.1) is 0 Å². The molecule has 0 bridgehead atoms. The van der Waals surface area contributed by atoms with Crippen molar-refractivity contribution in [2.75, 3.05) is 26.4 Å². The average Bonchev–Trinajstić information content (AvgIpc) is 3.92. The summed E-state index contributed by atoms with van der Waals surface area (Å²) in [6.45, 7) is 10.2. The molecular formula is C38H38O8. The third-order valence-corrected chi connectivity index (χ3v) is 8.83. The summed E-state index contributed by atoms with van der Waals surface area (Å²) in [5.74, 6) is 0.807. The molecule has 4 heterocycles. The van der Waals surface area contributed by atoms with Crippen molar-refractivity contribution in [1.82, 2.24) is 0 Å². The van der Waals surface area contributed by atoms with Crippen LogP contribution < -0.4 is 18.9 Å². The Kier molecular flexibility index (Phi) is 6.85. The smallest absolute Gasteiger partial charge is 0.231 e. The summed E-state index contributed by atoms with van der Waals surface area (Å²) in [4.78, 5) is 0. The van der Waals surface area contributed by atoms with E-state index in [0.29, 0.717) is 26.4 Å². The molecule has 4 aliphatic heterocycles. The van der Waals surface area contributed by atoms with E-state index in [4.69, 9.17) is 37.9 Å². The lowest BCUT2D eigenvalue weighted by Crippen LogP contribution is -2.17. The Bertz CT molecular complexity index is 1430. The molecule has 8 nitrogen and oxygen atoms in total. The zero-order valence-corrected chi connectivity index (χ0v) is 26.5. The SMILES string of the molecule is CC1(Oc2ccc(C(c3ccc(OC4(C)CO4)cc3)C(c3ccc(OC4(C)CO4)cc3)c3ccc(OC4(C)CO4)cc3)cc2)CO1. The molecule has 4 saturated heterocycles. The van der Waals surface area contributed by atoms with Crippen LogP contribution in [-0.4, -0.2) is 49.6 Å². The highest BCUT2D eigenvalue weighted by Gasteiger charge is 2.44. The Morgan fingerprint density at radius 1 is 0.370 bits per heavy atom. The summed E-state index contributed by atoms with van der Waals surface area (Å²) < 4.78 is 46.1. The molecule has 0 N–H and O–H groups in total. The highest BCUT2D eigenvalue weighted by atomic mass is 16.8. The molecule has 0 spiro atoms. The van der Waals surface area contributed by atoms with Crippen LogP contribution in [0.5, 0.6) is 23.0 Å². The highest BCUT2D eigenvalue weighted by Crippen LogP contribution is 2.45. The van der Waals surface area contributed by atoms with Gasteiger partial charge in [-0.2, -0.15) is 0 Å². The van der Waals surface area contributed by atoms with Gasteiger partial charge in [0.25, 0.3) is 0 Å². The number of hydrogen-bond donors (Lipinski definition) is 0. The first-order chi connectivity index (χ1) is 22.1. The molecule has 8 rings (SSSR count). The fourth-order valence-corrected chi connectivity index (χ4v) is 5.77. The lowest BCUT2D eigenvalue weighted by molar-refractivity contribution is 0.0796. The number of rotatable bonds is 13. The summed E-state index contributed by atoms with van der Waals surface area (Å²) in [5.41, 5.74) is 4.57. The van der Waals surface area contributed by atoms with Crippen molar-refractivity contribution >= 4 is 0 Å². The quantitative estimate of drug-likeness (QED) is 0.145. The van der Waals surface area contributed by atoms with E-state index in [1.54, 1.807) is 0 Å². The molecule has 0 amide bonds. The van der Waals surface area contributed by atoms with E-state index in [1.807, 2.05) is 76.2 Å². The molecule has 8 heteroatoms.